The van der Waals surface area contributed by atoms with E-state index in [-0.39, 0.29) is 4.75 Å². The Morgan fingerprint density at radius 1 is 1.22 bits per heavy atom. The van der Waals surface area contributed by atoms with Crippen molar-refractivity contribution in [2.75, 3.05) is 0 Å². The Morgan fingerprint density at radius 3 is 2.57 bits per heavy atom. The van der Waals surface area contributed by atoms with Gasteiger partial charge in [0.2, 0.25) is 0 Å². The van der Waals surface area contributed by atoms with Crippen molar-refractivity contribution >= 4 is 11.9 Å². The molecule has 23 heavy (non-hydrogen) atoms. The second kappa shape index (κ2) is 7.57. The Kier molecular flexibility index (Phi) is 6.18. The summed E-state index contributed by atoms with van der Waals surface area (Å²) in [7, 11) is 0. The highest BCUT2D eigenvalue weighted by Gasteiger charge is 2.46. The van der Waals surface area contributed by atoms with Gasteiger partial charge in [0.1, 0.15) is 0 Å². The van der Waals surface area contributed by atoms with Crippen molar-refractivity contribution in [1.82, 2.24) is 9.71 Å². The number of hydrogen-bond donors (Lipinski definition) is 1. The number of aromatic nitrogens is 1. The summed E-state index contributed by atoms with van der Waals surface area (Å²) in [6.45, 7) is 13.6. The van der Waals surface area contributed by atoms with Gasteiger partial charge in [0.25, 0.3) is 0 Å². The van der Waals surface area contributed by atoms with Crippen LogP contribution in [0.2, 0.25) is 0 Å². The molecule has 0 bridgehead atoms. The van der Waals surface area contributed by atoms with E-state index in [9.17, 15) is 0 Å². The second-order valence-electron chi connectivity index (χ2n) is 8.15. The highest BCUT2D eigenvalue weighted by Crippen LogP contribution is 2.52. The van der Waals surface area contributed by atoms with Gasteiger partial charge in [-0.2, -0.15) is 0 Å². The van der Waals surface area contributed by atoms with E-state index >= 15 is 0 Å². The highest BCUT2D eigenvalue weighted by atomic mass is 32.2. The molecule has 2 unspecified atom stereocenters. The summed E-state index contributed by atoms with van der Waals surface area (Å²) in [5.74, 6) is 0. The minimum Gasteiger partial charge on any atom is -0.258 e. The number of nitrogens with one attached hydrogen (secondary N) is 1. The van der Waals surface area contributed by atoms with Gasteiger partial charge in [-0.25, -0.2) is 0 Å². The number of fused-ring (bicyclic) bond motifs is 1. The lowest BCUT2D eigenvalue weighted by Gasteiger charge is -2.37. The van der Waals surface area contributed by atoms with Gasteiger partial charge >= 0.3 is 0 Å². The molecule has 1 N–H and O–H groups in total. The molecule has 1 aromatic rings. The van der Waals surface area contributed by atoms with Crippen LogP contribution in [0.4, 0.5) is 0 Å². The predicted molar refractivity (Wildman–Crippen MR) is 103 cm³/mol. The number of hydrogen-bond acceptors (Lipinski definition) is 3. The Hall–Kier alpha value is -0.540. The molecule has 3 heteroatoms. The van der Waals surface area contributed by atoms with E-state index in [4.69, 9.17) is 4.98 Å². The van der Waals surface area contributed by atoms with E-state index in [1.807, 2.05) is 11.9 Å². The zero-order valence-corrected chi connectivity index (χ0v) is 16.6. The summed E-state index contributed by atoms with van der Waals surface area (Å²) in [5, 5.41) is 0. The largest absolute Gasteiger partial charge is 0.258 e. The summed E-state index contributed by atoms with van der Waals surface area (Å²) in [5.41, 5.74) is 4.26. The number of rotatable bonds is 7. The SMILES string of the molecule is CCCCC1(CCC)Cc2nc(C)ccc2C1NSC(C)(C)C. The first-order valence-corrected chi connectivity index (χ1v) is 10.0. The lowest BCUT2D eigenvalue weighted by Crippen LogP contribution is -2.34. The summed E-state index contributed by atoms with van der Waals surface area (Å²) in [6, 6.07) is 4.93. The monoisotopic (exact) mass is 334 g/mol. The fourth-order valence-electron chi connectivity index (χ4n) is 3.83. The van der Waals surface area contributed by atoms with Gasteiger partial charge in [0.05, 0.1) is 0 Å². The minimum atomic E-state index is 0.226. The Morgan fingerprint density at radius 2 is 1.96 bits per heavy atom. The molecule has 0 amide bonds. The van der Waals surface area contributed by atoms with Gasteiger partial charge < -0.3 is 0 Å². The minimum absolute atomic E-state index is 0.226. The van der Waals surface area contributed by atoms with Crippen molar-refractivity contribution in [3.05, 3.63) is 29.1 Å². The number of unbranched alkanes of at least 4 members (excludes halogenated alkanes) is 1. The second-order valence-corrected chi connectivity index (χ2v) is 9.81. The molecule has 0 fully saturated rings. The van der Waals surface area contributed by atoms with Crippen molar-refractivity contribution in [3.8, 4) is 0 Å². The molecule has 0 radical (unpaired) electrons. The van der Waals surface area contributed by atoms with Crippen molar-refractivity contribution in [1.29, 1.82) is 0 Å². The van der Waals surface area contributed by atoms with Gasteiger partial charge in [-0.05, 0) is 64.0 Å². The van der Waals surface area contributed by atoms with Crippen molar-refractivity contribution in [2.45, 2.75) is 90.9 Å². The molecular weight excluding hydrogens is 300 g/mol. The van der Waals surface area contributed by atoms with Crippen LogP contribution < -0.4 is 4.72 Å². The topological polar surface area (TPSA) is 24.9 Å². The van der Waals surface area contributed by atoms with E-state index in [2.05, 4.69) is 58.4 Å². The number of aryl methyl sites for hydroxylation is 1. The van der Waals surface area contributed by atoms with Crippen LogP contribution in [0.1, 0.15) is 89.7 Å². The van der Waals surface area contributed by atoms with Crippen LogP contribution >= 0.6 is 11.9 Å². The van der Waals surface area contributed by atoms with E-state index in [0.29, 0.717) is 11.5 Å². The van der Waals surface area contributed by atoms with Crippen molar-refractivity contribution in [3.63, 3.8) is 0 Å². The molecule has 130 valence electrons. The number of pyridine rings is 1. The fourth-order valence-corrected chi connectivity index (χ4v) is 4.68. The predicted octanol–water partition coefficient (Wildman–Crippen LogP) is 6.00. The maximum Gasteiger partial charge on any atom is 0.0499 e. The molecule has 2 nitrogen and oxygen atoms in total. The van der Waals surface area contributed by atoms with Crippen molar-refractivity contribution < 1.29 is 0 Å². The first-order chi connectivity index (χ1) is 10.8. The van der Waals surface area contributed by atoms with Crippen LogP contribution in [0.5, 0.6) is 0 Å². The molecule has 0 aromatic carbocycles. The molecule has 1 aliphatic carbocycles. The van der Waals surface area contributed by atoms with E-state index in [0.717, 1.165) is 12.1 Å². The van der Waals surface area contributed by atoms with Gasteiger partial charge in [-0.3, -0.25) is 9.71 Å². The zero-order chi connectivity index (χ0) is 17.1. The molecular formula is C20H34N2S. The van der Waals surface area contributed by atoms with Gasteiger partial charge in [-0.15, -0.1) is 0 Å². The summed E-state index contributed by atoms with van der Waals surface area (Å²) < 4.78 is 4.08. The van der Waals surface area contributed by atoms with Crippen LogP contribution in [0.15, 0.2) is 12.1 Å². The normalized spacial score (nSPS) is 24.0. The van der Waals surface area contributed by atoms with Crippen LogP contribution in [0.25, 0.3) is 0 Å². The maximum absolute atomic E-state index is 4.88. The Labute approximate surface area is 147 Å². The molecule has 0 spiro atoms. The van der Waals surface area contributed by atoms with Gasteiger partial charge in [0.15, 0.2) is 0 Å². The summed E-state index contributed by atoms with van der Waals surface area (Å²) in [6.07, 6.45) is 7.55. The van der Waals surface area contributed by atoms with Crippen LogP contribution in [0.3, 0.4) is 0 Å². The zero-order valence-electron chi connectivity index (χ0n) is 15.8. The lowest BCUT2D eigenvalue weighted by atomic mass is 9.73. The van der Waals surface area contributed by atoms with Crippen LogP contribution in [-0.2, 0) is 6.42 Å². The van der Waals surface area contributed by atoms with Crippen LogP contribution in [-0.4, -0.2) is 9.73 Å². The molecule has 1 heterocycles. The van der Waals surface area contributed by atoms with E-state index < -0.39 is 0 Å². The maximum atomic E-state index is 4.88. The number of nitrogens with zero attached hydrogens (tertiary/aromatic N) is 1. The molecule has 0 saturated heterocycles. The molecule has 1 aromatic heterocycles. The highest BCUT2D eigenvalue weighted by molar-refractivity contribution is 7.98. The van der Waals surface area contributed by atoms with Crippen LogP contribution in [0, 0.1) is 12.3 Å². The molecule has 0 aliphatic heterocycles. The average Bonchev–Trinajstić information content (AvgIpc) is 2.75. The standard InChI is InChI=1S/C20H34N2S/c1-7-9-13-20(12-8-2)14-17-16(11-10-15(3)21-17)18(20)22-23-19(4,5)6/h10-11,18,22H,7-9,12-14H2,1-6H3. The lowest BCUT2D eigenvalue weighted by molar-refractivity contribution is 0.187. The average molecular weight is 335 g/mol. The Balaban J connectivity index is 2.34. The van der Waals surface area contributed by atoms with E-state index in [1.54, 1.807) is 0 Å². The molecule has 0 saturated carbocycles. The first kappa shape index (κ1) is 18.8. The first-order valence-electron chi connectivity index (χ1n) is 9.21. The van der Waals surface area contributed by atoms with Crippen molar-refractivity contribution in [2.24, 2.45) is 5.41 Å². The molecule has 1 aliphatic rings. The molecule has 2 atom stereocenters. The third kappa shape index (κ3) is 4.51. The van der Waals surface area contributed by atoms with Gasteiger partial charge in [-0.1, -0.05) is 51.1 Å². The quantitative estimate of drug-likeness (QED) is 0.619. The van der Waals surface area contributed by atoms with E-state index in [1.165, 1.54) is 43.4 Å². The van der Waals surface area contributed by atoms with Gasteiger partial charge in [0, 0.05) is 22.2 Å². The third-order valence-corrected chi connectivity index (χ3v) is 5.82. The fraction of sp³-hybridized carbons (Fsp3) is 0.750. The summed E-state index contributed by atoms with van der Waals surface area (Å²) in [4.78, 5) is 4.88. The summed E-state index contributed by atoms with van der Waals surface area (Å²) >= 11 is 1.88. The smallest absolute Gasteiger partial charge is 0.0499 e. The Bertz CT molecular complexity index is 521. The third-order valence-electron chi connectivity index (χ3n) is 4.85. The molecule has 2 rings (SSSR count).